The zero-order valence-corrected chi connectivity index (χ0v) is 13.3. The summed E-state index contributed by atoms with van der Waals surface area (Å²) in [5.41, 5.74) is 0.857. The van der Waals surface area contributed by atoms with Gasteiger partial charge in [0.1, 0.15) is 5.15 Å². The predicted molar refractivity (Wildman–Crippen MR) is 84.9 cm³/mol. The van der Waals surface area contributed by atoms with Crippen molar-refractivity contribution in [1.29, 1.82) is 0 Å². The van der Waals surface area contributed by atoms with Crippen molar-refractivity contribution in [2.45, 2.75) is 13.3 Å². The second-order valence-corrected chi connectivity index (χ2v) is 6.56. The third kappa shape index (κ3) is 2.53. The molecule has 0 aliphatic carbocycles. The number of hydrogen-bond donors (Lipinski definition) is 0. The number of aromatic nitrogens is 2. The molecule has 1 aromatic carbocycles. The first-order valence-electron chi connectivity index (χ1n) is 5.89. The van der Waals surface area contributed by atoms with Crippen LogP contribution in [-0.2, 0) is 6.42 Å². The van der Waals surface area contributed by atoms with Gasteiger partial charge in [0, 0.05) is 14.7 Å². The predicted octanol–water partition coefficient (Wildman–Crippen LogP) is 5.34. The van der Waals surface area contributed by atoms with Crippen LogP contribution in [0.2, 0.25) is 5.15 Å². The van der Waals surface area contributed by atoms with E-state index >= 15 is 0 Å². The summed E-state index contributed by atoms with van der Waals surface area (Å²) in [7, 11) is 0. The topological polar surface area (TPSA) is 25.8 Å². The molecular formula is C14H10BrClN2S. The number of thiophene rings is 1. The Morgan fingerprint density at radius 3 is 2.79 bits per heavy atom. The van der Waals surface area contributed by atoms with Gasteiger partial charge in [-0.25, -0.2) is 9.97 Å². The highest BCUT2D eigenvalue weighted by atomic mass is 79.9. The molecule has 3 aromatic rings. The lowest BCUT2D eigenvalue weighted by atomic mass is 10.2. The first-order chi connectivity index (χ1) is 9.17. The van der Waals surface area contributed by atoms with E-state index in [1.54, 1.807) is 11.3 Å². The van der Waals surface area contributed by atoms with E-state index in [1.165, 1.54) is 4.88 Å². The summed E-state index contributed by atoms with van der Waals surface area (Å²) in [6.45, 7) is 2.14. The molecule has 0 aliphatic rings. The van der Waals surface area contributed by atoms with Crippen LogP contribution in [0.4, 0.5) is 0 Å². The lowest BCUT2D eigenvalue weighted by molar-refractivity contribution is 1.19. The third-order valence-corrected chi connectivity index (χ3v) is 4.85. The molecule has 0 unspecified atom stereocenters. The van der Waals surface area contributed by atoms with Crippen LogP contribution in [-0.4, -0.2) is 9.97 Å². The Labute approximate surface area is 128 Å². The number of hydrogen-bond acceptors (Lipinski definition) is 3. The van der Waals surface area contributed by atoms with Crippen LogP contribution < -0.4 is 0 Å². The maximum Gasteiger partial charge on any atom is 0.171 e. The summed E-state index contributed by atoms with van der Waals surface area (Å²) in [6.07, 6.45) is 1.03. The van der Waals surface area contributed by atoms with Gasteiger partial charge < -0.3 is 0 Å². The van der Waals surface area contributed by atoms with Crippen LogP contribution in [0.1, 0.15) is 11.8 Å². The molecule has 2 aromatic heterocycles. The summed E-state index contributed by atoms with van der Waals surface area (Å²) in [4.78, 5) is 11.4. The highest BCUT2D eigenvalue weighted by molar-refractivity contribution is 9.10. The molecule has 0 radical (unpaired) electrons. The molecule has 0 saturated carbocycles. The molecule has 0 atom stereocenters. The van der Waals surface area contributed by atoms with Crippen molar-refractivity contribution in [2.75, 3.05) is 0 Å². The summed E-state index contributed by atoms with van der Waals surface area (Å²) < 4.78 is 0.987. The molecule has 0 bridgehead atoms. The lowest BCUT2D eigenvalue weighted by Crippen LogP contribution is -1.90. The number of nitrogens with zero attached hydrogens (tertiary/aromatic N) is 2. The largest absolute Gasteiger partial charge is 0.227 e. The normalized spacial score (nSPS) is 11.1. The van der Waals surface area contributed by atoms with Crippen LogP contribution in [0.5, 0.6) is 0 Å². The Morgan fingerprint density at radius 1 is 1.21 bits per heavy atom. The van der Waals surface area contributed by atoms with Crippen molar-refractivity contribution in [1.82, 2.24) is 9.97 Å². The standard InChI is InChI=1S/C14H10BrClN2S/c1-2-9-4-6-12(19-9)14-17-11-7-8(15)3-5-10(11)13(16)18-14/h3-7H,2H2,1H3. The molecule has 0 fully saturated rings. The van der Waals surface area contributed by atoms with Crippen molar-refractivity contribution in [2.24, 2.45) is 0 Å². The number of rotatable bonds is 2. The smallest absolute Gasteiger partial charge is 0.171 e. The van der Waals surface area contributed by atoms with Gasteiger partial charge in [-0.3, -0.25) is 0 Å². The monoisotopic (exact) mass is 352 g/mol. The fourth-order valence-electron chi connectivity index (χ4n) is 1.86. The summed E-state index contributed by atoms with van der Waals surface area (Å²) in [6, 6.07) is 10.00. The van der Waals surface area contributed by atoms with E-state index in [-0.39, 0.29) is 0 Å². The molecule has 19 heavy (non-hydrogen) atoms. The van der Waals surface area contributed by atoms with E-state index < -0.39 is 0 Å². The molecule has 0 aliphatic heterocycles. The fourth-order valence-corrected chi connectivity index (χ4v) is 3.33. The Balaban J connectivity index is 2.19. The Hall–Kier alpha value is -0.970. The van der Waals surface area contributed by atoms with Gasteiger partial charge in [0.15, 0.2) is 5.82 Å². The average Bonchev–Trinajstić information content (AvgIpc) is 2.86. The second-order valence-electron chi connectivity index (χ2n) is 4.12. The maximum absolute atomic E-state index is 6.24. The molecule has 2 heterocycles. The van der Waals surface area contributed by atoms with Crippen LogP contribution in [0.3, 0.4) is 0 Å². The van der Waals surface area contributed by atoms with Crippen LogP contribution in [0.25, 0.3) is 21.6 Å². The highest BCUT2D eigenvalue weighted by Gasteiger charge is 2.10. The second kappa shape index (κ2) is 5.19. The zero-order chi connectivity index (χ0) is 13.4. The average molecular weight is 354 g/mol. The molecule has 0 N–H and O–H groups in total. The van der Waals surface area contributed by atoms with Gasteiger partial charge >= 0.3 is 0 Å². The Bertz CT molecular complexity index is 754. The minimum absolute atomic E-state index is 0.499. The van der Waals surface area contributed by atoms with Crippen molar-refractivity contribution < 1.29 is 0 Å². The molecule has 0 saturated heterocycles. The maximum atomic E-state index is 6.24. The molecule has 0 amide bonds. The molecule has 0 spiro atoms. The molecule has 3 rings (SSSR count). The van der Waals surface area contributed by atoms with Crippen LogP contribution in [0, 0.1) is 0 Å². The van der Waals surface area contributed by atoms with Gasteiger partial charge in [-0.05, 0) is 36.8 Å². The fraction of sp³-hybridized carbons (Fsp3) is 0.143. The Kier molecular flexibility index (Phi) is 3.56. The van der Waals surface area contributed by atoms with E-state index in [1.807, 2.05) is 18.2 Å². The van der Waals surface area contributed by atoms with E-state index in [4.69, 9.17) is 11.6 Å². The lowest BCUT2D eigenvalue weighted by Gasteiger charge is -2.03. The quantitative estimate of drug-likeness (QED) is 0.581. The van der Waals surface area contributed by atoms with Gasteiger partial charge in [0.05, 0.1) is 10.4 Å². The number of aryl methyl sites for hydroxylation is 1. The number of fused-ring (bicyclic) bond motifs is 1. The summed E-state index contributed by atoms with van der Waals surface area (Å²) >= 11 is 11.4. The third-order valence-electron chi connectivity index (χ3n) is 2.84. The van der Waals surface area contributed by atoms with Gasteiger partial charge in [0.25, 0.3) is 0 Å². The number of halogens is 2. The van der Waals surface area contributed by atoms with Gasteiger partial charge in [-0.15, -0.1) is 11.3 Å². The van der Waals surface area contributed by atoms with Crippen LogP contribution in [0.15, 0.2) is 34.8 Å². The van der Waals surface area contributed by atoms with E-state index in [0.29, 0.717) is 11.0 Å². The van der Waals surface area contributed by atoms with E-state index in [0.717, 1.165) is 26.7 Å². The minimum atomic E-state index is 0.499. The SMILES string of the molecule is CCc1ccc(-c2nc(Cl)c3ccc(Br)cc3n2)s1. The van der Waals surface area contributed by atoms with Crippen molar-refractivity contribution in [3.63, 3.8) is 0 Å². The zero-order valence-electron chi connectivity index (χ0n) is 10.2. The first-order valence-corrected chi connectivity index (χ1v) is 7.88. The summed E-state index contributed by atoms with van der Waals surface area (Å²) in [5, 5.41) is 1.37. The molecule has 5 heteroatoms. The molecular weight excluding hydrogens is 344 g/mol. The van der Waals surface area contributed by atoms with Gasteiger partial charge in [-0.1, -0.05) is 34.5 Å². The molecule has 96 valence electrons. The Morgan fingerprint density at radius 2 is 2.05 bits per heavy atom. The highest BCUT2D eigenvalue weighted by Crippen LogP contribution is 2.30. The molecule has 2 nitrogen and oxygen atoms in total. The van der Waals surface area contributed by atoms with Gasteiger partial charge in [0.2, 0.25) is 0 Å². The van der Waals surface area contributed by atoms with E-state index in [9.17, 15) is 0 Å². The van der Waals surface area contributed by atoms with E-state index in [2.05, 4.69) is 45.0 Å². The first kappa shape index (κ1) is 13.0. The number of benzene rings is 1. The van der Waals surface area contributed by atoms with Crippen molar-refractivity contribution in [3.8, 4) is 10.7 Å². The summed E-state index contributed by atoms with van der Waals surface area (Å²) in [5.74, 6) is 0.695. The minimum Gasteiger partial charge on any atom is -0.227 e. The van der Waals surface area contributed by atoms with Crippen molar-refractivity contribution >= 4 is 49.8 Å². The van der Waals surface area contributed by atoms with Gasteiger partial charge in [-0.2, -0.15) is 0 Å². The van der Waals surface area contributed by atoms with Crippen molar-refractivity contribution in [3.05, 3.63) is 44.8 Å². The van der Waals surface area contributed by atoms with Crippen LogP contribution >= 0.6 is 38.9 Å².